The Morgan fingerprint density at radius 1 is 0.929 bits per heavy atom. The first kappa shape index (κ1) is 30.4. The predicted octanol–water partition coefficient (Wildman–Crippen LogP) is 4.66. The van der Waals surface area contributed by atoms with Crippen LogP contribution in [0.15, 0.2) is 61.2 Å². The third-order valence-corrected chi connectivity index (χ3v) is 7.47. The van der Waals surface area contributed by atoms with Gasteiger partial charge in [-0.3, -0.25) is 0 Å². The molecule has 0 spiro atoms. The molecule has 11 heteroatoms. The first-order valence-electron chi connectivity index (χ1n) is 14.2. The number of hydrogen-bond donors (Lipinski definition) is 3. The number of carboxylic acid groups (broad SMARTS) is 1. The molecule has 4 rings (SSSR count). The summed E-state index contributed by atoms with van der Waals surface area (Å²) < 4.78 is 16.0. The highest BCUT2D eigenvalue weighted by molar-refractivity contribution is 5.82. The quantitative estimate of drug-likeness (QED) is 0.143. The van der Waals surface area contributed by atoms with Crippen molar-refractivity contribution in [2.45, 2.75) is 50.1 Å². The molecule has 2 aliphatic rings. The molecule has 1 heterocycles. The Balaban J connectivity index is 1.21. The van der Waals surface area contributed by atoms with Gasteiger partial charge in [-0.05, 0) is 54.4 Å². The lowest BCUT2D eigenvalue weighted by molar-refractivity contribution is -0.145. The second-order valence-corrected chi connectivity index (χ2v) is 10.3. The van der Waals surface area contributed by atoms with Crippen molar-refractivity contribution in [1.29, 1.82) is 0 Å². The molecule has 11 nitrogen and oxygen atoms in total. The van der Waals surface area contributed by atoms with E-state index in [1.165, 1.54) is 11.0 Å². The van der Waals surface area contributed by atoms with E-state index in [0.717, 1.165) is 22.3 Å². The van der Waals surface area contributed by atoms with E-state index >= 15 is 0 Å². The van der Waals surface area contributed by atoms with Gasteiger partial charge in [-0.1, -0.05) is 61.2 Å². The molecule has 42 heavy (non-hydrogen) atoms. The van der Waals surface area contributed by atoms with Crippen molar-refractivity contribution in [3.63, 3.8) is 0 Å². The molecule has 3 amide bonds. The molecule has 0 aromatic heterocycles. The van der Waals surface area contributed by atoms with Crippen LogP contribution in [-0.4, -0.2) is 79.2 Å². The van der Waals surface area contributed by atoms with Crippen molar-refractivity contribution in [2.24, 2.45) is 0 Å². The highest BCUT2D eigenvalue weighted by atomic mass is 16.6. The molecular formula is C31H37N3O8. The van der Waals surface area contributed by atoms with E-state index in [1.807, 2.05) is 36.4 Å². The van der Waals surface area contributed by atoms with Crippen molar-refractivity contribution in [3.05, 3.63) is 72.3 Å². The fourth-order valence-corrected chi connectivity index (χ4v) is 5.31. The predicted molar refractivity (Wildman–Crippen MR) is 154 cm³/mol. The summed E-state index contributed by atoms with van der Waals surface area (Å²) in [5.41, 5.74) is 4.41. The van der Waals surface area contributed by atoms with Gasteiger partial charge in [-0.2, -0.15) is 0 Å². The molecule has 3 N–H and O–H groups in total. The van der Waals surface area contributed by atoms with Gasteiger partial charge < -0.3 is 34.9 Å². The molecular weight excluding hydrogens is 542 g/mol. The van der Waals surface area contributed by atoms with Crippen LogP contribution in [0.25, 0.3) is 11.1 Å². The average Bonchev–Trinajstić information content (AvgIpc) is 3.31. The number of alkyl carbamates (subject to hydrolysis) is 2. The Morgan fingerprint density at radius 3 is 2.19 bits per heavy atom. The summed E-state index contributed by atoms with van der Waals surface area (Å²) in [7, 11) is 0. The van der Waals surface area contributed by atoms with Gasteiger partial charge in [0.15, 0.2) is 0 Å². The number of hydrogen-bond acceptors (Lipinski definition) is 7. The minimum atomic E-state index is -0.962. The van der Waals surface area contributed by atoms with Gasteiger partial charge in [0.2, 0.25) is 0 Å². The van der Waals surface area contributed by atoms with E-state index in [9.17, 15) is 19.2 Å². The number of carbonyl (C=O) groups is 4. The number of ether oxygens (including phenoxy) is 3. The van der Waals surface area contributed by atoms with Gasteiger partial charge in [0.25, 0.3) is 0 Å². The first-order chi connectivity index (χ1) is 20.4. The minimum absolute atomic E-state index is 0.0103. The van der Waals surface area contributed by atoms with E-state index in [0.29, 0.717) is 38.8 Å². The molecule has 224 valence electrons. The highest BCUT2D eigenvalue weighted by Gasteiger charge is 2.30. The lowest BCUT2D eigenvalue weighted by Gasteiger charge is -2.30. The zero-order valence-electron chi connectivity index (χ0n) is 23.5. The summed E-state index contributed by atoms with van der Waals surface area (Å²) in [6, 6.07) is 15.0. The molecule has 2 aromatic carbocycles. The van der Waals surface area contributed by atoms with Crippen molar-refractivity contribution in [1.82, 2.24) is 15.5 Å². The summed E-state index contributed by atoms with van der Waals surface area (Å²) >= 11 is 0. The maximum absolute atomic E-state index is 12.8. The summed E-state index contributed by atoms with van der Waals surface area (Å²) in [4.78, 5) is 49.8. The van der Waals surface area contributed by atoms with Crippen molar-refractivity contribution in [2.75, 3.05) is 32.9 Å². The number of rotatable bonds is 12. The Kier molecular flexibility index (Phi) is 10.8. The third kappa shape index (κ3) is 8.02. The lowest BCUT2D eigenvalue weighted by atomic mass is 9.98. The molecule has 1 fully saturated rings. The molecule has 1 aliphatic carbocycles. The zero-order chi connectivity index (χ0) is 29.9. The maximum Gasteiger partial charge on any atom is 0.407 e. The van der Waals surface area contributed by atoms with Crippen LogP contribution in [0.5, 0.6) is 0 Å². The van der Waals surface area contributed by atoms with Gasteiger partial charge in [0, 0.05) is 25.0 Å². The van der Waals surface area contributed by atoms with Crippen LogP contribution in [0.4, 0.5) is 14.4 Å². The molecule has 2 aromatic rings. The smallest absolute Gasteiger partial charge is 0.407 e. The van der Waals surface area contributed by atoms with E-state index in [2.05, 4.69) is 29.3 Å². The van der Waals surface area contributed by atoms with Crippen molar-refractivity contribution >= 4 is 24.2 Å². The Hall–Kier alpha value is -4.54. The number of amides is 3. The van der Waals surface area contributed by atoms with Crippen LogP contribution in [0.3, 0.4) is 0 Å². The average molecular weight is 580 g/mol. The summed E-state index contributed by atoms with van der Waals surface area (Å²) in [5, 5.41) is 14.4. The second-order valence-electron chi connectivity index (χ2n) is 10.3. The number of esters is 1. The summed E-state index contributed by atoms with van der Waals surface area (Å²) in [6.07, 6.45) is 1.44. The van der Waals surface area contributed by atoms with Gasteiger partial charge in [0.1, 0.15) is 19.3 Å². The minimum Gasteiger partial charge on any atom is -0.465 e. The Bertz CT molecular complexity index is 1230. The third-order valence-electron chi connectivity index (χ3n) is 7.47. The molecule has 1 atom stereocenters. The van der Waals surface area contributed by atoms with Crippen LogP contribution in [-0.2, 0) is 19.0 Å². The number of nitrogens with zero attached hydrogens (tertiary/aromatic N) is 1. The molecule has 1 saturated heterocycles. The number of fused-ring (bicyclic) bond motifs is 3. The van der Waals surface area contributed by atoms with Crippen LogP contribution >= 0.6 is 0 Å². The number of nitrogens with one attached hydrogen (secondary N) is 2. The zero-order valence-corrected chi connectivity index (χ0v) is 23.5. The topological polar surface area (TPSA) is 144 Å². The highest BCUT2D eigenvalue weighted by Crippen LogP contribution is 2.44. The number of piperidine rings is 1. The van der Waals surface area contributed by atoms with Gasteiger partial charge in [-0.15, -0.1) is 0 Å². The Labute approximate surface area is 244 Å². The Morgan fingerprint density at radius 2 is 1.57 bits per heavy atom. The molecule has 0 saturated carbocycles. The number of unbranched alkanes of at least 4 members (excludes halogenated alkanes) is 1. The van der Waals surface area contributed by atoms with E-state index in [1.54, 1.807) is 0 Å². The SMILES string of the molecule is C=CCOC(=O)[C@@H](CCCCOC(=O)NC1CCN(C(=O)O)CC1)NC(=O)OCC1c2ccccc2-c2ccccc21. The second kappa shape index (κ2) is 14.9. The van der Waals surface area contributed by atoms with E-state index in [4.69, 9.17) is 19.3 Å². The van der Waals surface area contributed by atoms with Crippen LogP contribution in [0, 0.1) is 0 Å². The van der Waals surface area contributed by atoms with E-state index in [-0.39, 0.29) is 38.2 Å². The van der Waals surface area contributed by atoms with Crippen molar-refractivity contribution in [3.8, 4) is 11.1 Å². The van der Waals surface area contributed by atoms with Crippen LogP contribution in [0.1, 0.15) is 49.1 Å². The van der Waals surface area contributed by atoms with Gasteiger partial charge in [0.05, 0.1) is 6.61 Å². The number of likely N-dealkylation sites (tertiary alicyclic amines) is 1. The first-order valence-corrected chi connectivity index (χ1v) is 14.2. The molecule has 0 unspecified atom stereocenters. The fourth-order valence-electron chi connectivity index (χ4n) is 5.31. The number of carbonyl (C=O) groups excluding carboxylic acids is 3. The van der Waals surface area contributed by atoms with E-state index < -0.39 is 30.3 Å². The standard InChI is InChI=1S/C31H37N3O8/c1-2-18-40-28(35)27(13-7-8-19-41-29(36)32-21-14-16-34(17-15-21)31(38)39)33-30(37)42-20-26-24-11-5-3-9-22(24)23-10-4-6-12-25(23)26/h2-6,9-12,21,26-27H,1,7-8,13-20H2,(H,32,36)(H,33,37)(H,38,39)/t27-/m1/s1. The summed E-state index contributed by atoms with van der Waals surface area (Å²) in [6.45, 7) is 4.52. The fraction of sp³-hybridized carbons (Fsp3) is 0.419. The van der Waals surface area contributed by atoms with Gasteiger partial charge >= 0.3 is 24.2 Å². The summed E-state index contributed by atoms with van der Waals surface area (Å²) in [5.74, 6) is -0.711. The lowest BCUT2D eigenvalue weighted by Crippen LogP contribution is -2.46. The van der Waals surface area contributed by atoms with Gasteiger partial charge in [-0.25, -0.2) is 19.2 Å². The maximum atomic E-state index is 12.8. The normalized spacial score (nSPS) is 15.1. The van der Waals surface area contributed by atoms with Crippen LogP contribution in [0.2, 0.25) is 0 Å². The molecule has 0 radical (unpaired) electrons. The largest absolute Gasteiger partial charge is 0.465 e. The number of benzene rings is 2. The molecule has 1 aliphatic heterocycles. The monoisotopic (exact) mass is 579 g/mol. The molecule has 0 bridgehead atoms. The van der Waals surface area contributed by atoms with Crippen LogP contribution < -0.4 is 10.6 Å². The van der Waals surface area contributed by atoms with Crippen molar-refractivity contribution < 1.29 is 38.5 Å².